The van der Waals surface area contributed by atoms with E-state index in [1.54, 1.807) is 0 Å². The van der Waals surface area contributed by atoms with Crippen LogP contribution in [0.4, 0.5) is 0 Å². The van der Waals surface area contributed by atoms with Gasteiger partial charge in [-0.2, -0.15) is 0 Å². The molecular formula is C13H17NO. The molecule has 0 spiro atoms. The van der Waals surface area contributed by atoms with Gasteiger partial charge in [-0.25, -0.2) is 0 Å². The number of hydrogen-bond acceptors (Lipinski definition) is 1. The molecule has 1 aliphatic heterocycles. The summed E-state index contributed by atoms with van der Waals surface area (Å²) >= 11 is 0. The zero-order valence-electron chi connectivity index (χ0n) is 9.15. The minimum Gasteiger partial charge on any atom is -0.342 e. The largest absolute Gasteiger partial charge is 0.342 e. The summed E-state index contributed by atoms with van der Waals surface area (Å²) in [5.41, 5.74) is 1.11. The Morgan fingerprint density at radius 1 is 1.40 bits per heavy atom. The van der Waals surface area contributed by atoms with Crippen LogP contribution in [0.5, 0.6) is 0 Å². The fraction of sp³-hybridized carbons (Fsp3) is 0.462. The van der Waals surface area contributed by atoms with Crippen LogP contribution in [-0.2, 0) is 11.2 Å². The molecule has 2 rings (SSSR count). The molecule has 1 aromatic rings. The average Bonchev–Trinajstić information content (AvgIpc) is 2.66. The molecule has 0 saturated carbocycles. The number of rotatable bonds is 2. The highest BCUT2D eigenvalue weighted by Crippen LogP contribution is 2.16. The number of hydrogen-bond donors (Lipinski definition) is 0. The fourth-order valence-electron chi connectivity index (χ4n) is 2.04. The number of benzene rings is 1. The maximum Gasteiger partial charge on any atom is 0.226 e. The van der Waals surface area contributed by atoms with Gasteiger partial charge in [0.15, 0.2) is 0 Å². The van der Waals surface area contributed by atoms with E-state index in [1.807, 2.05) is 35.2 Å². The van der Waals surface area contributed by atoms with Crippen molar-refractivity contribution in [2.45, 2.75) is 19.8 Å². The van der Waals surface area contributed by atoms with Crippen molar-refractivity contribution >= 4 is 5.91 Å². The molecule has 15 heavy (non-hydrogen) atoms. The molecule has 0 unspecified atom stereocenters. The standard InChI is InChI=1S/C13H17NO/c1-11-7-8-14(10-11)13(15)9-12-5-3-2-4-6-12/h2-6,11H,7-10H2,1H3/t11-/m1/s1. The molecule has 1 aromatic carbocycles. The molecule has 0 radical (unpaired) electrons. The summed E-state index contributed by atoms with van der Waals surface area (Å²) in [5.74, 6) is 0.940. The molecule has 1 saturated heterocycles. The van der Waals surface area contributed by atoms with Gasteiger partial charge in [-0.05, 0) is 17.9 Å². The summed E-state index contributed by atoms with van der Waals surface area (Å²) in [5, 5.41) is 0. The van der Waals surface area contributed by atoms with Crippen molar-refractivity contribution in [2.75, 3.05) is 13.1 Å². The van der Waals surface area contributed by atoms with Crippen molar-refractivity contribution in [2.24, 2.45) is 5.92 Å². The molecule has 1 atom stereocenters. The second kappa shape index (κ2) is 4.47. The van der Waals surface area contributed by atoms with Gasteiger partial charge in [-0.3, -0.25) is 4.79 Å². The van der Waals surface area contributed by atoms with Crippen molar-refractivity contribution in [3.63, 3.8) is 0 Å². The van der Waals surface area contributed by atoms with Crippen LogP contribution in [0.25, 0.3) is 0 Å². The third-order valence-corrected chi connectivity index (χ3v) is 2.97. The topological polar surface area (TPSA) is 20.3 Å². The molecule has 0 aromatic heterocycles. The summed E-state index contributed by atoms with van der Waals surface area (Å²) in [7, 11) is 0. The van der Waals surface area contributed by atoms with E-state index in [9.17, 15) is 4.79 Å². The van der Waals surface area contributed by atoms with Crippen LogP contribution in [0.2, 0.25) is 0 Å². The molecule has 1 amide bonds. The van der Waals surface area contributed by atoms with Crippen molar-refractivity contribution < 1.29 is 4.79 Å². The molecule has 80 valence electrons. The SMILES string of the molecule is C[C@@H]1CCN(C(=O)Cc2ccccc2)C1. The van der Waals surface area contributed by atoms with Crippen LogP contribution in [0.1, 0.15) is 18.9 Å². The number of carbonyl (C=O) groups excluding carboxylic acids is 1. The third kappa shape index (κ3) is 2.58. The van der Waals surface area contributed by atoms with E-state index in [0.29, 0.717) is 12.3 Å². The highest BCUT2D eigenvalue weighted by molar-refractivity contribution is 5.79. The van der Waals surface area contributed by atoms with Crippen LogP contribution >= 0.6 is 0 Å². The smallest absolute Gasteiger partial charge is 0.226 e. The van der Waals surface area contributed by atoms with Crippen LogP contribution in [0, 0.1) is 5.92 Å². The van der Waals surface area contributed by atoms with Gasteiger partial charge in [0.25, 0.3) is 0 Å². The predicted molar refractivity (Wildman–Crippen MR) is 60.5 cm³/mol. The van der Waals surface area contributed by atoms with Crippen molar-refractivity contribution in [3.05, 3.63) is 35.9 Å². The van der Waals surface area contributed by atoms with E-state index < -0.39 is 0 Å². The first-order chi connectivity index (χ1) is 7.25. The summed E-state index contributed by atoms with van der Waals surface area (Å²) in [4.78, 5) is 13.9. The van der Waals surface area contributed by atoms with Gasteiger partial charge in [-0.1, -0.05) is 37.3 Å². The summed E-state index contributed by atoms with van der Waals surface area (Å²) in [6.45, 7) is 4.08. The minimum absolute atomic E-state index is 0.269. The Kier molecular flexibility index (Phi) is 3.05. The van der Waals surface area contributed by atoms with Gasteiger partial charge in [0, 0.05) is 13.1 Å². The normalized spacial score (nSPS) is 20.6. The van der Waals surface area contributed by atoms with Gasteiger partial charge in [0.1, 0.15) is 0 Å². The van der Waals surface area contributed by atoms with Crippen LogP contribution < -0.4 is 0 Å². The van der Waals surface area contributed by atoms with E-state index in [2.05, 4.69) is 6.92 Å². The van der Waals surface area contributed by atoms with E-state index in [4.69, 9.17) is 0 Å². The Labute approximate surface area is 90.9 Å². The maximum absolute atomic E-state index is 11.9. The number of carbonyl (C=O) groups is 1. The highest BCUT2D eigenvalue weighted by atomic mass is 16.2. The van der Waals surface area contributed by atoms with Gasteiger partial charge in [0.2, 0.25) is 5.91 Å². The zero-order valence-corrected chi connectivity index (χ0v) is 9.15. The lowest BCUT2D eigenvalue weighted by atomic mass is 10.1. The Balaban J connectivity index is 1.93. The second-order valence-corrected chi connectivity index (χ2v) is 4.40. The van der Waals surface area contributed by atoms with E-state index in [0.717, 1.165) is 25.1 Å². The lowest BCUT2D eigenvalue weighted by molar-refractivity contribution is -0.129. The molecule has 0 N–H and O–H groups in total. The molecule has 0 aliphatic carbocycles. The average molecular weight is 203 g/mol. The Morgan fingerprint density at radius 3 is 2.73 bits per heavy atom. The molecule has 0 bridgehead atoms. The molecule has 2 nitrogen and oxygen atoms in total. The summed E-state index contributed by atoms with van der Waals surface area (Å²) < 4.78 is 0. The van der Waals surface area contributed by atoms with E-state index in [1.165, 1.54) is 0 Å². The van der Waals surface area contributed by atoms with Crippen LogP contribution in [-0.4, -0.2) is 23.9 Å². The fourth-order valence-corrected chi connectivity index (χ4v) is 2.04. The monoisotopic (exact) mass is 203 g/mol. The third-order valence-electron chi connectivity index (χ3n) is 2.97. The van der Waals surface area contributed by atoms with Crippen molar-refractivity contribution in [1.29, 1.82) is 0 Å². The van der Waals surface area contributed by atoms with Crippen LogP contribution in [0.3, 0.4) is 0 Å². The molecular weight excluding hydrogens is 186 g/mol. The molecule has 1 fully saturated rings. The first kappa shape index (κ1) is 10.2. The van der Waals surface area contributed by atoms with Crippen molar-refractivity contribution in [1.82, 2.24) is 4.90 Å². The summed E-state index contributed by atoms with van der Waals surface area (Å²) in [6.07, 6.45) is 1.70. The predicted octanol–water partition coefficient (Wildman–Crippen LogP) is 2.10. The Hall–Kier alpha value is -1.31. The summed E-state index contributed by atoms with van der Waals surface area (Å²) in [6, 6.07) is 9.96. The second-order valence-electron chi connectivity index (χ2n) is 4.40. The van der Waals surface area contributed by atoms with Gasteiger partial charge in [0.05, 0.1) is 6.42 Å². The van der Waals surface area contributed by atoms with Gasteiger partial charge >= 0.3 is 0 Å². The van der Waals surface area contributed by atoms with Crippen molar-refractivity contribution in [3.8, 4) is 0 Å². The molecule has 1 aliphatic rings. The maximum atomic E-state index is 11.9. The first-order valence-electron chi connectivity index (χ1n) is 5.57. The van der Waals surface area contributed by atoms with Gasteiger partial charge in [-0.15, -0.1) is 0 Å². The van der Waals surface area contributed by atoms with Gasteiger partial charge < -0.3 is 4.90 Å². The van der Waals surface area contributed by atoms with Crippen LogP contribution in [0.15, 0.2) is 30.3 Å². The molecule has 2 heteroatoms. The lowest BCUT2D eigenvalue weighted by Gasteiger charge is -2.15. The van der Waals surface area contributed by atoms with E-state index >= 15 is 0 Å². The lowest BCUT2D eigenvalue weighted by Crippen LogP contribution is -2.29. The van der Waals surface area contributed by atoms with E-state index in [-0.39, 0.29) is 5.91 Å². The Bertz CT molecular complexity index is 334. The Morgan fingerprint density at radius 2 is 2.13 bits per heavy atom. The zero-order chi connectivity index (χ0) is 10.7. The number of likely N-dealkylation sites (tertiary alicyclic amines) is 1. The first-order valence-corrected chi connectivity index (χ1v) is 5.57. The highest BCUT2D eigenvalue weighted by Gasteiger charge is 2.22. The quantitative estimate of drug-likeness (QED) is 0.720. The number of nitrogens with zero attached hydrogens (tertiary/aromatic N) is 1. The minimum atomic E-state index is 0.269. The number of amides is 1. The molecule has 1 heterocycles.